The SMILES string of the molecule is C=Cc1cc(Br)c[nH]1.c1ccncc1. The highest BCUT2D eigenvalue weighted by Gasteiger charge is 1.87. The summed E-state index contributed by atoms with van der Waals surface area (Å²) in [5.41, 5.74) is 1.04. The van der Waals surface area contributed by atoms with Crippen LogP contribution in [-0.2, 0) is 0 Å². The van der Waals surface area contributed by atoms with Gasteiger partial charge in [-0.15, -0.1) is 0 Å². The van der Waals surface area contributed by atoms with Crippen molar-refractivity contribution in [2.45, 2.75) is 0 Å². The van der Waals surface area contributed by atoms with Crippen molar-refractivity contribution in [1.29, 1.82) is 0 Å². The fourth-order valence-electron chi connectivity index (χ4n) is 0.815. The van der Waals surface area contributed by atoms with Crippen molar-refractivity contribution in [2.24, 2.45) is 0 Å². The average Bonchev–Trinajstić information content (AvgIpc) is 2.68. The second-order valence-electron chi connectivity index (χ2n) is 2.50. The first kappa shape index (κ1) is 10.7. The van der Waals surface area contributed by atoms with E-state index in [1.165, 1.54) is 0 Å². The monoisotopic (exact) mass is 250 g/mol. The van der Waals surface area contributed by atoms with Gasteiger partial charge in [-0.1, -0.05) is 12.6 Å². The molecular formula is C11H11BrN2. The Hall–Kier alpha value is -1.35. The van der Waals surface area contributed by atoms with E-state index in [9.17, 15) is 0 Å². The largest absolute Gasteiger partial charge is 0.361 e. The minimum Gasteiger partial charge on any atom is -0.361 e. The second-order valence-corrected chi connectivity index (χ2v) is 3.42. The third-order valence-corrected chi connectivity index (χ3v) is 1.91. The van der Waals surface area contributed by atoms with Crippen LogP contribution in [0.2, 0.25) is 0 Å². The van der Waals surface area contributed by atoms with E-state index in [1.807, 2.05) is 30.5 Å². The number of hydrogen-bond acceptors (Lipinski definition) is 1. The quantitative estimate of drug-likeness (QED) is 0.825. The van der Waals surface area contributed by atoms with Crippen molar-refractivity contribution in [3.8, 4) is 0 Å². The van der Waals surface area contributed by atoms with E-state index in [2.05, 4.69) is 32.5 Å². The van der Waals surface area contributed by atoms with Gasteiger partial charge in [-0.2, -0.15) is 0 Å². The number of rotatable bonds is 1. The smallest absolute Gasteiger partial charge is 0.0385 e. The number of nitrogens with zero attached hydrogens (tertiary/aromatic N) is 1. The van der Waals surface area contributed by atoms with E-state index >= 15 is 0 Å². The maximum atomic E-state index is 3.78. The number of aromatic nitrogens is 2. The summed E-state index contributed by atoms with van der Waals surface area (Å²) in [4.78, 5) is 6.77. The van der Waals surface area contributed by atoms with Crippen molar-refractivity contribution in [1.82, 2.24) is 9.97 Å². The molecule has 2 aromatic heterocycles. The third-order valence-electron chi connectivity index (χ3n) is 1.46. The fraction of sp³-hybridized carbons (Fsp3) is 0. The molecule has 1 N–H and O–H groups in total. The van der Waals surface area contributed by atoms with Crippen molar-refractivity contribution in [2.75, 3.05) is 0 Å². The van der Waals surface area contributed by atoms with Gasteiger partial charge < -0.3 is 4.98 Å². The van der Waals surface area contributed by atoms with E-state index in [0.29, 0.717) is 0 Å². The maximum absolute atomic E-state index is 3.78. The predicted octanol–water partition coefficient (Wildman–Crippen LogP) is 3.50. The molecule has 2 aromatic rings. The highest BCUT2D eigenvalue weighted by atomic mass is 79.9. The van der Waals surface area contributed by atoms with Crippen molar-refractivity contribution in [3.63, 3.8) is 0 Å². The Balaban J connectivity index is 0.000000146. The van der Waals surface area contributed by atoms with Crippen LogP contribution in [0.15, 0.2) is 53.9 Å². The zero-order chi connectivity index (χ0) is 10.2. The summed E-state index contributed by atoms with van der Waals surface area (Å²) < 4.78 is 1.06. The number of pyridine rings is 1. The molecule has 0 atom stereocenters. The zero-order valence-corrected chi connectivity index (χ0v) is 9.24. The van der Waals surface area contributed by atoms with Crippen molar-refractivity contribution < 1.29 is 0 Å². The summed E-state index contributed by atoms with van der Waals surface area (Å²) in [6.07, 6.45) is 7.14. The molecule has 3 heteroatoms. The lowest BCUT2D eigenvalue weighted by Gasteiger charge is -1.75. The fourth-order valence-corrected chi connectivity index (χ4v) is 1.18. The Labute approximate surface area is 91.8 Å². The number of nitrogens with one attached hydrogen (secondary N) is 1. The van der Waals surface area contributed by atoms with E-state index in [0.717, 1.165) is 10.2 Å². The van der Waals surface area contributed by atoms with Gasteiger partial charge in [0.15, 0.2) is 0 Å². The van der Waals surface area contributed by atoms with Crippen LogP contribution in [-0.4, -0.2) is 9.97 Å². The highest BCUT2D eigenvalue weighted by molar-refractivity contribution is 9.10. The molecule has 14 heavy (non-hydrogen) atoms. The van der Waals surface area contributed by atoms with Crippen LogP contribution in [0.5, 0.6) is 0 Å². The number of aromatic amines is 1. The third kappa shape index (κ3) is 4.05. The molecule has 0 aliphatic carbocycles. The van der Waals surface area contributed by atoms with Gasteiger partial charge in [0.2, 0.25) is 0 Å². The second kappa shape index (κ2) is 6.16. The zero-order valence-electron chi connectivity index (χ0n) is 7.65. The summed E-state index contributed by atoms with van der Waals surface area (Å²) in [6.45, 7) is 3.59. The van der Waals surface area contributed by atoms with Crippen LogP contribution < -0.4 is 0 Å². The minimum absolute atomic E-state index is 1.04. The molecule has 0 spiro atoms. The summed E-state index contributed by atoms with van der Waals surface area (Å²) in [5.74, 6) is 0. The normalized spacial score (nSPS) is 8.64. The van der Waals surface area contributed by atoms with E-state index < -0.39 is 0 Å². The molecule has 0 unspecified atom stereocenters. The Kier molecular flexibility index (Phi) is 4.72. The molecule has 0 saturated heterocycles. The predicted molar refractivity (Wildman–Crippen MR) is 62.8 cm³/mol. The summed E-state index contributed by atoms with van der Waals surface area (Å²) in [7, 11) is 0. The first-order chi connectivity index (χ1) is 6.83. The molecule has 0 fully saturated rings. The maximum Gasteiger partial charge on any atom is 0.0385 e. The Bertz CT molecular complexity index is 341. The van der Waals surface area contributed by atoms with Gasteiger partial charge in [0, 0.05) is 28.8 Å². The van der Waals surface area contributed by atoms with Crippen LogP contribution in [0.3, 0.4) is 0 Å². The van der Waals surface area contributed by atoms with Crippen LogP contribution >= 0.6 is 15.9 Å². The molecule has 0 aromatic carbocycles. The number of halogens is 1. The van der Waals surface area contributed by atoms with Crippen LogP contribution in [0.4, 0.5) is 0 Å². The van der Waals surface area contributed by atoms with Crippen molar-refractivity contribution >= 4 is 22.0 Å². The molecular weight excluding hydrogens is 240 g/mol. The molecule has 2 rings (SSSR count). The molecule has 0 aliphatic heterocycles. The van der Waals surface area contributed by atoms with E-state index in [4.69, 9.17) is 0 Å². The van der Waals surface area contributed by atoms with Crippen LogP contribution in [0, 0.1) is 0 Å². The lowest BCUT2D eigenvalue weighted by Crippen LogP contribution is -1.61. The lowest BCUT2D eigenvalue weighted by molar-refractivity contribution is 1.33. The standard InChI is InChI=1S/C6H6BrN.C5H5N/c1-2-6-3-5(7)4-8-6;1-2-4-6-5-3-1/h2-4,8H,1H2;1-5H. The Morgan fingerprint density at radius 2 is 2.00 bits per heavy atom. The minimum atomic E-state index is 1.04. The Morgan fingerprint density at radius 1 is 1.29 bits per heavy atom. The van der Waals surface area contributed by atoms with Gasteiger partial charge in [-0.05, 0) is 40.2 Å². The first-order valence-corrected chi connectivity index (χ1v) is 4.93. The first-order valence-electron chi connectivity index (χ1n) is 4.14. The van der Waals surface area contributed by atoms with Gasteiger partial charge in [-0.25, -0.2) is 0 Å². The summed E-state index contributed by atoms with van der Waals surface area (Å²) in [5, 5.41) is 0. The van der Waals surface area contributed by atoms with Gasteiger partial charge in [0.25, 0.3) is 0 Å². The topological polar surface area (TPSA) is 28.7 Å². The molecule has 0 bridgehead atoms. The molecule has 0 amide bonds. The molecule has 0 radical (unpaired) electrons. The van der Waals surface area contributed by atoms with Crippen molar-refractivity contribution in [3.05, 3.63) is 59.6 Å². The van der Waals surface area contributed by atoms with E-state index in [-0.39, 0.29) is 0 Å². The highest BCUT2D eigenvalue weighted by Crippen LogP contribution is 2.10. The van der Waals surface area contributed by atoms with Gasteiger partial charge >= 0.3 is 0 Å². The molecule has 2 heterocycles. The molecule has 0 saturated carbocycles. The summed E-state index contributed by atoms with van der Waals surface area (Å²) >= 11 is 3.29. The van der Waals surface area contributed by atoms with Gasteiger partial charge in [0.05, 0.1) is 0 Å². The summed E-state index contributed by atoms with van der Waals surface area (Å²) in [6, 6.07) is 7.68. The number of H-pyrrole nitrogens is 1. The molecule has 72 valence electrons. The van der Waals surface area contributed by atoms with Crippen LogP contribution in [0.1, 0.15) is 5.69 Å². The van der Waals surface area contributed by atoms with Gasteiger partial charge in [0.1, 0.15) is 0 Å². The van der Waals surface area contributed by atoms with Gasteiger partial charge in [-0.3, -0.25) is 4.98 Å². The molecule has 0 aliphatic rings. The lowest BCUT2D eigenvalue weighted by atomic mass is 10.4. The average molecular weight is 251 g/mol. The molecule has 2 nitrogen and oxygen atoms in total. The Morgan fingerprint density at radius 3 is 2.21 bits per heavy atom. The van der Waals surface area contributed by atoms with E-state index in [1.54, 1.807) is 18.5 Å². The number of hydrogen-bond donors (Lipinski definition) is 1. The van der Waals surface area contributed by atoms with Crippen LogP contribution in [0.25, 0.3) is 6.08 Å².